The third-order valence-corrected chi connectivity index (χ3v) is 2.11. The molecule has 0 bridgehead atoms. The van der Waals surface area contributed by atoms with E-state index in [1.54, 1.807) is 12.1 Å². The average Bonchev–Trinajstić information content (AvgIpc) is 2.26. The summed E-state index contributed by atoms with van der Waals surface area (Å²) in [6.45, 7) is 0. The number of methoxy groups -OCH3 is 3. The van der Waals surface area contributed by atoms with Crippen LogP contribution in [0.5, 0.6) is 17.2 Å². The van der Waals surface area contributed by atoms with E-state index in [0.29, 0.717) is 22.9 Å². The van der Waals surface area contributed by atoms with Crippen LogP contribution in [0, 0.1) is 0 Å². The topological polar surface area (TPSA) is 56.8 Å². The van der Waals surface area contributed by atoms with Crippen LogP contribution in [0.15, 0.2) is 12.1 Å². The molecule has 0 saturated heterocycles. The van der Waals surface area contributed by atoms with Crippen LogP contribution in [0.3, 0.4) is 0 Å². The Morgan fingerprint density at radius 1 is 1.12 bits per heavy atom. The van der Waals surface area contributed by atoms with Crippen molar-refractivity contribution in [3.05, 3.63) is 12.1 Å². The second kappa shape index (κ2) is 5.60. The van der Waals surface area contributed by atoms with Crippen LogP contribution < -0.4 is 19.5 Å². The minimum Gasteiger partial charge on any atom is -0.493 e. The summed E-state index contributed by atoms with van der Waals surface area (Å²) in [6, 6.07) is 3.28. The molecule has 1 amide bonds. The molecule has 0 spiro atoms. The summed E-state index contributed by atoms with van der Waals surface area (Å²) in [7, 11) is 4.54. The maximum atomic E-state index is 10.9. The van der Waals surface area contributed by atoms with Crippen LogP contribution in [0.2, 0.25) is 0 Å². The number of ether oxygens (including phenoxy) is 3. The Balaban J connectivity index is 3.20. The van der Waals surface area contributed by atoms with Gasteiger partial charge < -0.3 is 19.5 Å². The van der Waals surface area contributed by atoms with Gasteiger partial charge in [-0.05, 0) is 0 Å². The number of hydrogen-bond acceptors (Lipinski definition) is 4. The van der Waals surface area contributed by atoms with E-state index < -0.39 is 0 Å². The number of carbonyl (C=O) groups is 1. The van der Waals surface area contributed by atoms with Gasteiger partial charge in [-0.25, -0.2) is 0 Å². The Labute approximate surface area is 102 Å². The summed E-state index contributed by atoms with van der Waals surface area (Å²) in [4.78, 5) is 10.5. The van der Waals surface area contributed by atoms with Crippen LogP contribution in [0.25, 0.3) is 0 Å². The number of amides is 1. The van der Waals surface area contributed by atoms with E-state index in [2.05, 4.69) is 21.2 Å². The maximum Gasteiger partial charge on any atom is 0.291 e. The van der Waals surface area contributed by atoms with Gasteiger partial charge in [-0.1, -0.05) is 0 Å². The molecule has 5 nitrogen and oxygen atoms in total. The van der Waals surface area contributed by atoms with Crippen LogP contribution in [0.4, 0.5) is 10.5 Å². The highest BCUT2D eigenvalue weighted by atomic mass is 79.9. The fraction of sp³-hybridized carbons (Fsp3) is 0.300. The van der Waals surface area contributed by atoms with Crippen molar-refractivity contribution in [2.24, 2.45) is 0 Å². The summed E-state index contributed by atoms with van der Waals surface area (Å²) in [5.74, 6) is 1.45. The van der Waals surface area contributed by atoms with Gasteiger partial charge in [-0.2, -0.15) is 0 Å². The summed E-state index contributed by atoms with van der Waals surface area (Å²) < 4.78 is 15.4. The molecule has 1 N–H and O–H groups in total. The molecule has 0 aliphatic heterocycles. The number of benzene rings is 1. The number of hydrogen-bond donors (Lipinski definition) is 1. The average molecular weight is 290 g/mol. The standard InChI is InChI=1S/C10H12BrNO4/c1-14-7-4-6(12-10(11)13)5-8(15-2)9(7)16-3/h4-5H,1-3H3,(H,12,13). The number of halogens is 1. The lowest BCUT2D eigenvalue weighted by molar-refractivity contribution is 0.270. The molecule has 0 aromatic heterocycles. The smallest absolute Gasteiger partial charge is 0.291 e. The molecule has 6 heteroatoms. The molecule has 1 rings (SSSR count). The maximum absolute atomic E-state index is 10.9. The molecule has 1 aromatic carbocycles. The van der Waals surface area contributed by atoms with Crippen LogP contribution in [-0.4, -0.2) is 26.1 Å². The summed E-state index contributed by atoms with van der Waals surface area (Å²) in [6.07, 6.45) is 0. The molecule has 1 aromatic rings. The number of anilines is 1. The predicted octanol–water partition coefficient (Wildman–Crippen LogP) is 2.64. The molecule has 0 aliphatic carbocycles. The Hall–Kier alpha value is -1.43. The molecule has 0 radical (unpaired) electrons. The quantitative estimate of drug-likeness (QED) is 0.684. The molecule has 16 heavy (non-hydrogen) atoms. The third kappa shape index (κ3) is 2.79. The number of carbonyl (C=O) groups excluding carboxylic acids is 1. The molecule has 0 atom stereocenters. The van der Waals surface area contributed by atoms with Gasteiger partial charge in [-0.15, -0.1) is 0 Å². The Morgan fingerprint density at radius 2 is 1.62 bits per heavy atom. The van der Waals surface area contributed by atoms with Gasteiger partial charge in [-0.3, -0.25) is 4.79 Å². The lowest BCUT2D eigenvalue weighted by Crippen LogP contribution is -2.02. The van der Waals surface area contributed by atoms with Crippen LogP contribution in [-0.2, 0) is 0 Å². The summed E-state index contributed by atoms with van der Waals surface area (Å²) >= 11 is 2.78. The van der Waals surface area contributed by atoms with E-state index in [9.17, 15) is 4.79 Å². The zero-order valence-corrected chi connectivity index (χ0v) is 10.8. The van der Waals surface area contributed by atoms with Crippen molar-refractivity contribution < 1.29 is 19.0 Å². The van der Waals surface area contributed by atoms with Crippen molar-refractivity contribution in [2.45, 2.75) is 0 Å². The normalized spacial score (nSPS) is 9.50. The molecular weight excluding hydrogens is 278 g/mol. The second-order valence-corrected chi connectivity index (χ2v) is 3.53. The van der Waals surface area contributed by atoms with Crippen LogP contribution >= 0.6 is 15.9 Å². The summed E-state index contributed by atoms with van der Waals surface area (Å²) in [5, 5.41) is 2.57. The zero-order valence-electron chi connectivity index (χ0n) is 9.17. The van der Waals surface area contributed by atoms with Gasteiger partial charge in [0.2, 0.25) is 5.75 Å². The molecule has 88 valence electrons. The van der Waals surface area contributed by atoms with Crippen molar-refractivity contribution in [1.29, 1.82) is 0 Å². The third-order valence-electron chi connectivity index (χ3n) is 1.91. The Bertz CT molecular complexity index is 369. The SMILES string of the molecule is COc1cc(NC(=O)Br)cc(OC)c1OC. The highest BCUT2D eigenvalue weighted by Gasteiger charge is 2.13. The number of rotatable bonds is 4. The molecule has 0 saturated carbocycles. The van der Waals surface area contributed by atoms with E-state index in [-0.39, 0.29) is 4.82 Å². The molecule has 0 aliphatic rings. The minimum atomic E-state index is -0.346. The number of nitrogens with one attached hydrogen (secondary N) is 1. The largest absolute Gasteiger partial charge is 0.493 e. The zero-order chi connectivity index (χ0) is 12.1. The van der Waals surface area contributed by atoms with E-state index in [0.717, 1.165) is 0 Å². The lowest BCUT2D eigenvalue weighted by Gasteiger charge is -2.13. The monoisotopic (exact) mass is 289 g/mol. The van der Waals surface area contributed by atoms with Crippen molar-refractivity contribution >= 4 is 26.4 Å². The highest BCUT2D eigenvalue weighted by molar-refractivity contribution is 9.18. The fourth-order valence-corrected chi connectivity index (χ4v) is 1.50. The van der Waals surface area contributed by atoms with E-state index >= 15 is 0 Å². The first-order valence-corrected chi connectivity index (χ1v) is 5.18. The second-order valence-electron chi connectivity index (χ2n) is 2.81. The molecule has 0 heterocycles. The molecule has 0 fully saturated rings. The van der Waals surface area contributed by atoms with E-state index in [1.165, 1.54) is 21.3 Å². The van der Waals surface area contributed by atoms with Gasteiger partial charge >= 0.3 is 0 Å². The predicted molar refractivity (Wildman–Crippen MR) is 64.0 cm³/mol. The summed E-state index contributed by atoms with van der Waals surface area (Å²) in [5.41, 5.74) is 0.552. The van der Waals surface area contributed by atoms with Crippen molar-refractivity contribution in [1.82, 2.24) is 0 Å². The van der Waals surface area contributed by atoms with Gasteiger partial charge in [0.1, 0.15) is 0 Å². The van der Waals surface area contributed by atoms with Crippen molar-refractivity contribution in [3.63, 3.8) is 0 Å². The van der Waals surface area contributed by atoms with Gasteiger partial charge in [0.25, 0.3) is 4.82 Å². The van der Waals surface area contributed by atoms with Crippen molar-refractivity contribution in [3.8, 4) is 17.2 Å². The lowest BCUT2D eigenvalue weighted by atomic mass is 10.2. The Kier molecular flexibility index (Phi) is 4.42. The molecular formula is C10H12BrNO4. The van der Waals surface area contributed by atoms with Gasteiger partial charge in [0.15, 0.2) is 11.5 Å². The Morgan fingerprint density at radius 3 is 1.94 bits per heavy atom. The van der Waals surface area contributed by atoms with Gasteiger partial charge in [0, 0.05) is 33.8 Å². The van der Waals surface area contributed by atoms with E-state index in [4.69, 9.17) is 14.2 Å². The first-order valence-electron chi connectivity index (χ1n) is 4.38. The van der Waals surface area contributed by atoms with Crippen LogP contribution in [0.1, 0.15) is 0 Å². The first-order chi connectivity index (χ1) is 7.62. The highest BCUT2D eigenvalue weighted by Crippen LogP contribution is 2.39. The van der Waals surface area contributed by atoms with E-state index in [1.807, 2.05) is 0 Å². The first kappa shape index (κ1) is 12.6. The van der Waals surface area contributed by atoms with Gasteiger partial charge in [0.05, 0.1) is 21.3 Å². The van der Waals surface area contributed by atoms with Crippen molar-refractivity contribution in [2.75, 3.05) is 26.6 Å². The minimum absolute atomic E-state index is 0.346. The fourth-order valence-electron chi connectivity index (χ4n) is 1.27. The molecule has 0 unspecified atom stereocenters.